The molecule has 2 aromatic rings. The summed E-state index contributed by atoms with van der Waals surface area (Å²) in [7, 11) is 1.59. The number of rotatable bonds is 8. The largest absolute Gasteiger partial charge is 0.383 e. The van der Waals surface area contributed by atoms with Gasteiger partial charge in [-0.25, -0.2) is 4.39 Å². The fourth-order valence-electron chi connectivity index (χ4n) is 3.41. The summed E-state index contributed by atoms with van der Waals surface area (Å²) in [5.74, 6) is -0.648. The van der Waals surface area contributed by atoms with Gasteiger partial charge in [-0.1, -0.05) is 29.8 Å². The lowest BCUT2D eigenvalue weighted by atomic mass is 10.1. The molecule has 0 aliphatic carbocycles. The van der Waals surface area contributed by atoms with Crippen LogP contribution in [0.15, 0.2) is 48.5 Å². The van der Waals surface area contributed by atoms with Crippen LogP contribution >= 0.6 is 11.6 Å². The average molecular weight is 421 g/mol. The predicted molar refractivity (Wildman–Crippen MR) is 111 cm³/mol. The number of halogens is 2. The summed E-state index contributed by atoms with van der Waals surface area (Å²) in [6.45, 7) is 4.19. The van der Waals surface area contributed by atoms with Crippen LogP contribution in [0.4, 0.5) is 4.39 Å². The van der Waals surface area contributed by atoms with Crippen LogP contribution in [0.5, 0.6) is 0 Å². The van der Waals surface area contributed by atoms with Crippen molar-refractivity contribution >= 4 is 17.5 Å². The highest BCUT2D eigenvalue weighted by atomic mass is 35.5. The van der Waals surface area contributed by atoms with Crippen molar-refractivity contribution in [1.82, 2.24) is 9.80 Å². The first-order valence-electron chi connectivity index (χ1n) is 9.67. The fraction of sp³-hybridized carbons (Fsp3) is 0.409. The van der Waals surface area contributed by atoms with E-state index in [1.807, 2.05) is 24.3 Å². The van der Waals surface area contributed by atoms with Crippen molar-refractivity contribution in [1.29, 1.82) is 0 Å². The molecule has 1 aliphatic rings. The minimum atomic E-state index is -0.425. The Morgan fingerprint density at radius 1 is 1.31 bits per heavy atom. The Hall–Kier alpha value is -1.99. The highest BCUT2D eigenvalue weighted by Crippen LogP contribution is 2.16. The summed E-state index contributed by atoms with van der Waals surface area (Å²) in [6, 6.07) is 13.6. The molecule has 0 spiro atoms. The monoisotopic (exact) mass is 420 g/mol. The SMILES string of the molecule is COCCN(CC1CN(Cc2ccc(Cl)cc2)CCO1)C(=O)c1cccc(F)c1. The number of morpholine rings is 1. The van der Waals surface area contributed by atoms with E-state index in [9.17, 15) is 9.18 Å². The first-order chi connectivity index (χ1) is 14.0. The first-order valence-corrected chi connectivity index (χ1v) is 10.0. The molecular weight excluding hydrogens is 395 g/mol. The van der Waals surface area contributed by atoms with E-state index in [1.54, 1.807) is 24.1 Å². The minimum Gasteiger partial charge on any atom is -0.383 e. The summed E-state index contributed by atoms with van der Waals surface area (Å²) < 4.78 is 24.6. The lowest BCUT2D eigenvalue weighted by Gasteiger charge is -2.36. The van der Waals surface area contributed by atoms with E-state index in [-0.39, 0.29) is 12.0 Å². The normalized spacial score (nSPS) is 17.3. The van der Waals surface area contributed by atoms with E-state index < -0.39 is 5.82 Å². The molecule has 0 aromatic heterocycles. The highest BCUT2D eigenvalue weighted by Gasteiger charge is 2.25. The molecular formula is C22H26ClFN2O3. The van der Waals surface area contributed by atoms with Crippen molar-refractivity contribution in [3.63, 3.8) is 0 Å². The lowest BCUT2D eigenvalue weighted by molar-refractivity contribution is -0.0444. The van der Waals surface area contributed by atoms with E-state index in [1.165, 1.54) is 17.7 Å². The van der Waals surface area contributed by atoms with Gasteiger partial charge in [0.1, 0.15) is 5.82 Å². The lowest BCUT2D eigenvalue weighted by Crippen LogP contribution is -2.49. The van der Waals surface area contributed by atoms with Crippen LogP contribution < -0.4 is 0 Å². The average Bonchev–Trinajstić information content (AvgIpc) is 2.72. The maximum Gasteiger partial charge on any atom is 0.254 e. The molecule has 3 rings (SSSR count). The zero-order valence-electron chi connectivity index (χ0n) is 16.5. The van der Waals surface area contributed by atoms with Gasteiger partial charge in [-0.15, -0.1) is 0 Å². The molecule has 1 amide bonds. The van der Waals surface area contributed by atoms with Crippen LogP contribution in [0.1, 0.15) is 15.9 Å². The number of amides is 1. The summed E-state index contributed by atoms with van der Waals surface area (Å²) in [5.41, 5.74) is 1.51. The molecule has 1 fully saturated rings. The van der Waals surface area contributed by atoms with Crippen molar-refractivity contribution in [2.45, 2.75) is 12.6 Å². The molecule has 1 heterocycles. The van der Waals surface area contributed by atoms with E-state index in [2.05, 4.69) is 4.90 Å². The Kier molecular flexibility index (Phi) is 8.00. The number of methoxy groups -OCH3 is 1. The quantitative estimate of drug-likeness (QED) is 0.655. The summed E-state index contributed by atoms with van der Waals surface area (Å²) in [6.07, 6.45) is -0.120. The van der Waals surface area contributed by atoms with Crippen molar-refractivity contribution in [2.75, 3.05) is 46.5 Å². The van der Waals surface area contributed by atoms with Gasteiger partial charge < -0.3 is 14.4 Å². The van der Waals surface area contributed by atoms with Crippen molar-refractivity contribution in [3.05, 3.63) is 70.5 Å². The second kappa shape index (κ2) is 10.7. The Bertz CT molecular complexity index is 803. The molecule has 0 radical (unpaired) electrons. The van der Waals surface area contributed by atoms with E-state index >= 15 is 0 Å². The smallest absolute Gasteiger partial charge is 0.254 e. The predicted octanol–water partition coefficient (Wildman–Crippen LogP) is 3.47. The van der Waals surface area contributed by atoms with Crippen LogP contribution in [0.25, 0.3) is 0 Å². The van der Waals surface area contributed by atoms with Crippen molar-refractivity contribution < 1.29 is 18.7 Å². The molecule has 7 heteroatoms. The first kappa shape index (κ1) is 21.7. The topological polar surface area (TPSA) is 42.0 Å². The maximum atomic E-state index is 13.5. The van der Waals surface area contributed by atoms with Gasteiger partial charge >= 0.3 is 0 Å². The molecule has 1 aliphatic heterocycles. The fourth-order valence-corrected chi connectivity index (χ4v) is 3.54. The van der Waals surface area contributed by atoms with Crippen LogP contribution in [0, 0.1) is 5.82 Å². The Balaban J connectivity index is 1.63. The maximum absolute atomic E-state index is 13.5. The van der Waals surface area contributed by atoms with Crippen LogP contribution in [0.2, 0.25) is 5.02 Å². The molecule has 5 nitrogen and oxygen atoms in total. The Morgan fingerprint density at radius 3 is 2.83 bits per heavy atom. The van der Waals surface area contributed by atoms with Crippen LogP contribution in [0.3, 0.4) is 0 Å². The van der Waals surface area contributed by atoms with Gasteiger partial charge in [0.05, 0.1) is 19.3 Å². The van der Waals surface area contributed by atoms with Gasteiger partial charge in [0.15, 0.2) is 0 Å². The Morgan fingerprint density at radius 2 is 2.10 bits per heavy atom. The second-order valence-electron chi connectivity index (χ2n) is 7.11. The zero-order valence-corrected chi connectivity index (χ0v) is 17.3. The molecule has 1 saturated heterocycles. The van der Waals surface area contributed by atoms with E-state index in [4.69, 9.17) is 21.1 Å². The third kappa shape index (κ3) is 6.51. The molecule has 0 N–H and O–H groups in total. The number of nitrogens with zero attached hydrogens (tertiary/aromatic N) is 2. The molecule has 156 valence electrons. The Labute approximate surface area is 176 Å². The summed E-state index contributed by atoms with van der Waals surface area (Å²) in [4.78, 5) is 16.9. The minimum absolute atomic E-state index is 0.120. The second-order valence-corrected chi connectivity index (χ2v) is 7.55. The molecule has 0 bridgehead atoms. The van der Waals surface area contributed by atoms with Gasteiger partial charge in [0.2, 0.25) is 0 Å². The van der Waals surface area contributed by atoms with Gasteiger partial charge in [-0.2, -0.15) is 0 Å². The third-order valence-electron chi connectivity index (χ3n) is 4.89. The number of benzene rings is 2. The number of carbonyl (C=O) groups is 1. The molecule has 1 atom stereocenters. The molecule has 29 heavy (non-hydrogen) atoms. The summed E-state index contributed by atoms with van der Waals surface area (Å²) >= 11 is 5.96. The number of hydrogen-bond acceptors (Lipinski definition) is 4. The molecule has 1 unspecified atom stereocenters. The molecule has 0 saturated carbocycles. The molecule has 2 aromatic carbocycles. The number of carbonyl (C=O) groups excluding carboxylic acids is 1. The van der Waals surface area contributed by atoms with Gasteiger partial charge in [-0.3, -0.25) is 9.69 Å². The van der Waals surface area contributed by atoms with Crippen molar-refractivity contribution in [2.24, 2.45) is 0 Å². The standard InChI is InChI=1S/C22H26ClFN2O3/c1-28-11-10-26(22(27)18-3-2-4-20(24)13-18)16-21-15-25(9-12-29-21)14-17-5-7-19(23)8-6-17/h2-8,13,21H,9-12,14-16H2,1H3. The van der Waals surface area contributed by atoms with E-state index in [0.717, 1.165) is 18.1 Å². The van der Waals surface area contributed by atoms with Crippen LogP contribution in [-0.4, -0.2) is 68.3 Å². The van der Waals surface area contributed by atoms with Gasteiger partial charge in [0.25, 0.3) is 5.91 Å². The van der Waals surface area contributed by atoms with Crippen LogP contribution in [-0.2, 0) is 16.0 Å². The van der Waals surface area contributed by atoms with Gasteiger partial charge in [-0.05, 0) is 35.9 Å². The highest BCUT2D eigenvalue weighted by molar-refractivity contribution is 6.30. The third-order valence-corrected chi connectivity index (χ3v) is 5.14. The van der Waals surface area contributed by atoms with E-state index in [0.29, 0.717) is 38.4 Å². The number of hydrogen-bond donors (Lipinski definition) is 0. The van der Waals surface area contributed by atoms with Gasteiger partial charge in [0, 0.05) is 50.4 Å². The number of ether oxygens (including phenoxy) is 2. The van der Waals surface area contributed by atoms with Crippen molar-refractivity contribution in [3.8, 4) is 0 Å². The zero-order chi connectivity index (χ0) is 20.6. The summed E-state index contributed by atoms with van der Waals surface area (Å²) in [5, 5.41) is 0.721.